The molecule has 0 aromatic rings. The molecule has 0 aromatic heterocycles. The van der Waals surface area contributed by atoms with E-state index in [0.29, 0.717) is 11.7 Å². The number of allylic oxidation sites excluding steroid dienone is 2. The maximum absolute atomic E-state index is 11.6. The van der Waals surface area contributed by atoms with Crippen molar-refractivity contribution in [3.63, 3.8) is 0 Å². The van der Waals surface area contributed by atoms with Crippen molar-refractivity contribution in [1.82, 2.24) is 4.72 Å². The van der Waals surface area contributed by atoms with Crippen LogP contribution in [0.4, 0.5) is 0 Å². The molecule has 0 aromatic carbocycles. The van der Waals surface area contributed by atoms with Crippen molar-refractivity contribution >= 4 is 10.0 Å². The maximum Gasteiger partial charge on any atom is 0.233 e. The van der Waals surface area contributed by atoms with Crippen LogP contribution in [-0.4, -0.2) is 14.2 Å². The lowest BCUT2D eigenvalue weighted by molar-refractivity contribution is 0.178. The topological polar surface area (TPSA) is 46.2 Å². The van der Waals surface area contributed by atoms with Crippen LogP contribution in [0.2, 0.25) is 0 Å². The van der Waals surface area contributed by atoms with Gasteiger partial charge in [0, 0.05) is 11.1 Å². The molecule has 1 heterocycles. The molecule has 3 nitrogen and oxygen atoms in total. The molecule has 3 rings (SSSR count). The van der Waals surface area contributed by atoms with Gasteiger partial charge in [0.1, 0.15) is 0 Å². The quantitative estimate of drug-likeness (QED) is 0.658. The van der Waals surface area contributed by atoms with E-state index in [1.165, 1.54) is 0 Å². The number of sulfonamides is 1. The zero-order chi connectivity index (χ0) is 10.2. The summed E-state index contributed by atoms with van der Waals surface area (Å²) in [6.45, 7) is 4.41. The highest BCUT2D eigenvalue weighted by molar-refractivity contribution is 7.90. The Balaban J connectivity index is 2.21. The first-order chi connectivity index (χ1) is 6.37. The Hall–Kier alpha value is -0.510. The summed E-state index contributed by atoms with van der Waals surface area (Å²) in [5.74, 6) is 0.871. The average molecular weight is 213 g/mol. The zero-order valence-corrected chi connectivity index (χ0v) is 9.32. The molecular weight excluding hydrogens is 198 g/mol. The Morgan fingerprint density at radius 2 is 2.21 bits per heavy atom. The van der Waals surface area contributed by atoms with Gasteiger partial charge < -0.3 is 0 Å². The van der Waals surface area contributed by atoms with Gasteiger partial charge in [-0.2, -0.15) is 0 Å². The van der Waals surface area contributed by atoms with Gasteiger partial charge in [-0.05, 0) is 24.2 Å². The number of nitrogens with one attached hydrogen (secondary N) is 1. The van der Waals surface area contributed by atoms with Crippen molar-refractivity contribution in [1.29, 1.82) is 0 Å². The summed E-state index contributed by atoms with van der Waals surface area (Å²) in [5, 5.41) is 0. The molecule has 2 fully saturated rings. The van der Waals surface area contributed by atoms with E-state index < -0.39 is 10.0 Å². The average Bonchev–Trinajstić information content (AvgIpc) is 2.50. The summed E-state index contributed by atoms with van der Waals surface area (Å²) in [5.41, 5.74) is 1.02. The Morgan fingerprint density at radius 1 is 1.50 bits per heavy atom. The van der Waals surface area contributed by atoms with Crippen molar-refractivity contribution in [2.24, 2.45) is 16.7 Å². The second-order valence-corrected chi connectivity index (χ2v) is 7.11. The lowest BCUT2D eigenvalue weighted by Crippen LogP contribution is -2.34. The normalized spacial score (nSPS) is 45.9. The Morgan fingerprint density at radius 3 is 2.79 bits per heavy atom. The summed E-state index contributed by atoms with van der Waals surface area (Å²) in [7, 11) is -3.04. The first kappa shape index (κ1) is 8.77. The van der Waals surface area contributed by atoms with E-state index in [2.05, 4.69) is 24.6 Å². The second kappa shape index (κ2) is 2.03. The molecule has 14 heavy (non-hydrogen) atoms. The molecule has 78 valence electrons. The molecule has 2 bridgehead atoms. The molecule has 3 aliphatic rings. The predicted octanol–water partition coefficient (Wildman–Crippen LogP) is 1.24. The van der Waals surface area contributed by atoms with Gasteiger partial charge in [0.05, 0.1) is 5.75 Å². The van der Waals surface area contributed by atoms with Crippen LogP contribution >= 0.6 is 0 Å². The third-order valence-electron chi connectivity index (χ3n) is 4.63. The summed E-state index contributed by atoms with van der Waals surface area (Å²) >= 11 is 0. The van der Waals surface area contributed by atoms with Crippen molar-refractivity contribution in [2.45, 2.75) is 26.7 Å². The summed E-state index contributed by atoms with van der Waals surface area (Å²) in [6.07, 6.45) is 4.32. The van der Waals surface area contributed by atoms with E-state index in [1.807, 2.05) is 0 Å². The third-order valence-corrected chi connectivity index (χ3v) is 6.03. The molecule has 1 saturated carbocycles. The largest absolute Gasteiger partial charge is 0.287 e. The maximum atomic E-state index is 11.6. The van der Waals surface area contributed by atoms with Crippen LogP contribution in [0.25, 0.3) is 0 Å². The minimum absolute atomic E-state index is 0.0868. The summed E-state index contributed by atoms with van der Waals surface area (Å²) < 4.78 is 25.8. The molecule has 0 radical (unpaired) electrons. The number of hydrogen-bond acceptors (Lipinski definition) is 2. The Kier molecular flexibility index (Phi) is 1.27. The number of rotatable bonds is 0. The fourth-order valence-corrected chi connectivity index (χ4v) is 5.56. The van der Waals surface area contributed by atoms with Crippen LogP contribution in [0.1, 0.15) is 26.7 Å². The van der Waals surface area contributed by atoms with Gasteiger partial charge >= 0.3 is 0 Å². The van der Waals surface area contributed by atoms with Gasteiger partial charge in [-0.15, -0.1) is 0 Å². The van der Waals surface area contributed by atoms with Crippen LogP contribution in [0.3, 0.4) is 0 Å². The van der Waals surface area contributed by atoms with Crippen LogP contribution in [0.15, 0.2) is 11.8 Å². The van der Waals surface area contributed by atoms with Gasteiger partial charge in [-0.25, -0.2) is 8.42 Å². The summed E-state index contributed by atoms with van der Waals surface area (Å²) in [6, 6.07) is 0. The standard InChI is InChI=1S/C10H15NO2S/c1-9(2)7-3-4-10(9)6-14(12,13)11-8(10)5-7/h5,7,11H,3-4,6H2,1-2H3/t7-,10-/m1/s1. The first-order valence-electron chi connectivity index (χ1n) is 5.10. The van der Waals surface area contributed by atoms with E-state index >= 15 is 0 Å². The molecule has 4 heteroatoms. The SMILES string of the molecule is CC1(C)[C@H]2C=C3NS(=O)(=O)C[C@]31CC2. The van der Waals surface area contributed by atoms with Gasteiger partial charge in [0.25, 0.3) is 0 Å². The lowest BCUT2D eigenvalue weighted by atomic mass is 9.69. The van der Waals surface area contributed by atoms with Crippen LogP contribution in [0.5, 0.6) is 0 Å². The van der Waals surface area contributed by atoms with E-state index in [-0.39, 0.29) is 10.8 Å². The lowest BCUT2D eigenvalue weighted by Gasteiger charge is -2.34. The Bertz CT molecular complexity index is 435. The van der Waals surface area contributed by atoms with E-state index in [1.54, 1.807) is 0 Å². The minimum atomic E-state index is -3.04. The molecule has 1 saturated heterocycles. The van der Waals surface area contributed by atoms with Gasteiger partial charge in [-0.3, -0.25) is 4.72 Å². The van der Waals surface area contributed by atoms with E-state index in [9.17, 15) is 8.42 Å². The van der Waals surface area contributed by atoms with E-state index in [0.717, 1.165) is 18.5 Å². The van der Waals surface area contributed by atoms with Crippen LogP contribution < -0.4 is 4.72 Å². The molecule has 1 aliphatic heterocycles. The first-order valence-corrected chi connectivity index (χ1v) is 6.75. The molecule has 1 spiro atoms. The second-order valence-electron chi connectivity index (χ2n) is 5.39. The van der Waals surface area contributed by atoms with Gasteiger partial charge in [0.2, 0.25) is 10.0 Å². The van der Waals surface area contributed by atoms with Crippen LogP contribution in [-0.2, 0) is 10.0 Å². The van der Waals surface area contributed by atoms with E-state index in [4.69, 9.17) is 0 Å². The van der Waals surface area contributed by atoms with Crippen molar-refractivity contribution < 1.29 is 8.42 Å². The summed E-state index contributed by atoms with van der Waals surface area (Å²) in [4.78, 5) is 0. The molecule has 2 atom stereocenters. The fraction of sp³-hybridized carbons (Fsp3) is 0.800. The molecule has 0 amide bonds. The fourth-order valence-electron chi connectivity index (χ4n) is 3.57. The molecular formula is C10H15NO2S. The van der Waals surface area contributed by atoms with Crippen molar-refractivity contribution in [3.8, 4) is 0 Å². The minimum Gasteiger partial charge on any atom is -0.287 e. The van der Waals surface area contributed by atoms with Crippen molar-refractivity contribution in [3.05, 3.63) is 11.8 Å². The smallest absolute Gasteiger partial charge is 0.233 e. The van der Waals surface area contributed by atoms with Crippen LogP contribution in [0, 0.1) is 16.7 Å². The number of fused-ring (bicyclic) bond motifs is 1. The predicted molar refractivity (Wildman–Crippen MR) is 53.9 cm³/mol. The van der Waals surface area contributed by atoms with Gasteiger partial charge in [-0.1, -0.05) is 19.9 Å². The molecule has 1 N–H and O–H groups in total. The zero-order valence-electron chi connectivity index (χ0n) is 8.50. The molecule has 0 unspecified atom stereocenters. The molecule has 2 aliphatic carbocycles. The highest BCUT2D eigenvalue weighted by Crippen LogP contribution is 2.66. The number of hydrogen-bond donors (Lipinski definition) is 1. The monoisotopic (exact) mass is 213 g/mol. The third kappa shape index (κ3) is 0.734. The highest BCUT2D eigenvalue weighted by atomic mass is 32.2. The van der Waals surface area contributed by atoms with Crippen molar-refractivity contribution in [2.75, 3.05) is 5.75 Å². The van der Waals surface area contributed by atoms with Gasteiger partial charge in [0.15, 0.2) is 0 Å². The highest BCUT2D eigenvalue weighted by Gasteiger charge is 2.65. The Labute approximate surface area is 84.6 Å².